The molecule has 8 heteroatoms. The Balaban J connectivity index is 1.79. The van der Waals surface area contributed by atoms with Crippen molar-refractivity contribution >= 4 is 33.3 Å². The van der Waals surface area contributed by atoms with Gasteiger partial charge in [0.2, 0.25) is 5.88 Å². The van der Waals surface area contributed by atoms with Gasteiger partial charge < -0.3 is 8.92 Å². The molecule has 3 rings (SSSR count). The second kappa shape index (κ2) is 7.99. The minimum atomic E-state index is -3.96. The molecule has 0 aliphatic carbocycles. The van der Waals surface area contributed by atoms with Crippen LogP contribution in [0.3, 0.4) is 0 Å². The summed E-state index contributed by atoms with van der Waals surface area (Å²) in [4.78, 5) is 4.15. The average Bonchev–Trinajstić information content (AvgIpc) is 2.61. The molecule has 0 N–H and O–H groups in total. The Bertz CT molecular complexity index is 1130. The van der Waals surface area contributed by atoms with E-state index < -0.39 is 10.1 Å². The molecular formula is C20H17Cl2NO4S. The first-order valence-electron chi connectivity index (χ1n) is 8.27. The van der Waals surface area contributed by atoms with Crippen LogP contribution in [0.15, 0.2) is 53.6 Å². The minimum absolute atomic E-state index is 0.146. The lowest BCUT2D eigenvalue weighted by Gasteiger charge is -2.12. The number of hydrogen-bond donors (Lipinski definition) is 0. The second-order valence-electron chi connectivity index (χ2n) is 6.25. The van der Waals surface area contributed by atoms with Crippen molar-refractivity contribution < 1.29 is 17.3 Å². The van der Waals surface area contributed by atoms with Crippen molar-refractivity contribution in [2.75, 3.05) is 0 Å². The molecule has 0 atom stereocenters. The van der Waals surface area contributed by atoms with Crippen LogP contribution < -0.4 is 8.92 Å². The van der Waals surface area contributed by atoms with Crippen LogP contribution in [-0.2, 0) is 10.1 Å². The molecule has 146 valence electrons. The van der Waals surface area contributed by atoms with Gasteiger partial charge in [0.1, 0.15) is 21.4 Å². The van der Waals surface area contributed by atoms with Gasteiger partial charge in [0, 0.05) is 6.20 Å². The standard InChI is InChI=1S/C20H17Cl2NO4S/c1-12-8-14(3)19(9-13(12)2)28(24,25)27-17-6-4-16(5-7-17)26-20-18(22)10-15(21)11-23-20/h4-11H,1-3H3. The molecule has 28 heavy (non-hydrogen) atoms. The van der Waals surface area contributed by atoms with Crippen molar-refractivity contribution in [3.05, 3.63) is 75.4 Å². The van der Waals surface area contributed by atoms with Crippen molar-refractivity contribution in [1.29, 1.82) is 0 Å². The zero-order valence-corrected chi connectivity index (χ0v) is 17.7. The van der Waals surface area contributed by atoms with E-state index in [0.29, 0.717) is 16.3 Å². The Kier molecular flexibility index (Phi) is 5.84. The van der Waals surface area contributed by atoms with Gasteiger partial charge in [0.05, 0.1) is 5.02 Å². The quantitative estimate of drug-likeness (QED) is 0.466. The average molecular weight is 438 g/mol. The van der Waals surface area contributed by atoms with Crippen LogP contribution in [0, 0.1) is 20.8 Å². The molecule has 2 aromatic carbocycles. The highest BCUT2D eigenvalue weighted by molar-refractivity contribution is 7.87. The molecule has 0 amide bonds. The van der Waals surface area contributed by atoms with E-state index in [0.717, 1.165) is 11.1 Å². The summed E-state index contributed by atoms with van der Waals surface area (Å²) >= 11 is 11.8. The van der Waals surface area contributed by atoms with E-state index in [1.807, 2.05) is 19.9 Å². The largest absolute Gasteiger partial charge is 0.438 e. The molecule has 0 radical (unpaired) electrons. The van der Waals surface area contributed by atoms with Crippen LogP contribution in [0.25, 0.3) is 0 Å². The fraction of sp³-hybridized carbons (Fsp3) is 0.150. The van der Waals surface area contributed by atoms with E-state index in [-0.39, 0.29) is 21.5 Å². The zero-order valence-electron chi connectivity index (χ0n) is 15.4. The third-order valence-electron chi connectivity index (χ3n) is 4.08. The highest BCUT2D eigenvalue weighted by Gasteiger charge is 2.20. The summed E-state index contributed by atoms with van der Waals surface area (Å²) in [5, 5.41) is 0.661. The summed E-state index contributed by atoms with van der Waals surface area (Å²) in [6.07, 6.45) is 1.42. The van der Waals surface area contributed by atoms with Crippen molar-refractivity contribution in [1.82, 2.24) is 4.98 Å². The van der Waals surface area contributed by atoms with E-state index in [9.17, 15) is 8.42 Å². The molecule has 0 spiro atoms. The van der Waals surface area contributed by atoms with Gasteiger partial charge in [-0.15, -0.1) is 0 Å². The normalized spacial score (nSPS) is 11.3. The van der Waals surface area contributed by atoms with Gasteiger partial charge in [0.15, 0.2) is 0 Å². The number of pyridine rings is 1. The van der Waals surface area contributed by atoms with Gasteiger partial charge in [-0.25, -0.2) is 4.98 Å². The van der Waals surface area contributed by atoms with Crippen LogP contribution in [0.1, 0.15) is 16.7 Å². The van der Waals surface area contributed by atoms with E-state index in [1.165, 1.54) is 24.4 Å². The molecule has 1 aromatic heterocycles. The smallest absolute Gasteiger partial charge is 0.339 e. The fourth-order valence-electron chi connectivity index (χ4n) is 2.53. The first-order chi connectivity index (χ1) is 13.2. The predicted molar refractivity (Wildman–Crippen MR) is 109 cm³/mol. The fourth-order valence-corrected chi connectivity index (χ4v) is 4.17. The Morgan fingerprint density at radius 1 is 0.857 bits per heavy atom. The van der Waals surface area contributed by atoms with Crippen LogP contribution in [0.2, 0.25) is 10.0 Å². The van der Waals surface area contributed by atoms with E-state index in [2.05, 4.69) is 4.98 Å². The monoisotopic (exact) mass is 437 g/mol. The van der Waals surface area contributed by atoms with E-state index in [1.54, 1.807) is 25.1 Å². The third-order valence-corrected chi connectivity index (χ3v) is 5.95. The lowest BCUT2D eigenvalue weighted by molar-refractivity contribution is 0.459. The molecule has 0 aliphatic rings. The number of rotatable bonds is 5. The van der Waals surface area contributed by atoms with Gasteiger partial charge >= 0.3 is 10.1 Å². The van der Waals surface area contributed by atoms with Gasteiger partial charge in [-0.1, -0.05) is 29.3 Å². The molecule has 0 aliphatic heterocycles. The van der Waals surface area contributed by atoms with E-state index in [4.69, 9.17) is 32.1 Å². The summed E-state index contributed by atoms with van der Waals surface area (Å²) in [5.74, 6) is 0.780. The third kappa shape index (κ3) is 4.58. The zero-order chi connectivity index (χ0) is 20.5. The van der Waals surface area contributed by atoms with Crippen LogP contribution >= 0.6 is 23.2 Å². The number of ether oxygens (including phenoxy) is 1. The lowest BCUT2D eigenvalue weighted by Crippen LogP contribution is -2.12. The Hall–Kier alpha value is -2.28. The maximum Gasteiger partial charge on any atom is 0.339 e. The van der Waals surface area contributed by atoms with Gasteiger partial charge in [-0.05, 0) is 73.9 Å². The number of nitrogens with zero attached hydrogens (tertiary/aromatic N) is 1. The highest BCUT2D eigenvalue weighted by Crippen LogP contribution is 2.31. The summed E-state index contributed by atoms with van der Waals surface area (Å²) in [6.45, 7) is 5.53. The number of aryl methyl sites for hydroxylation is 3. The van der Waals surface area contributed by atoms with Crippen LogP contribution in [0.4, 0.5) is 0 Å². The molecule has 5 nitrogen and oxygen atoms in total. The topological polar surface area (TPSA) is 65.5 Å². The summed E-state index contributed by atoms with van der Waals surface area (Å²) in [5.41, 5.74) is 2.53. The molecule has 0 saturated carbocycles. The maximum atomic E-state index is 12.6. The highest BCUT2D eigenvalue weighted by atomic mass is 35.5. The Labute approximate surface area is 174 Å². The molecule has 0 unspecified atom stereocenters. The van der Waals surface area contributed by atoms with Gasteiger partial charge in [0.25, 0.3) is 0 Å². The Morgan fingerprint density at radius 2 is 1.46 bits per heavy atom. The van der Waals surface area contributed by atoms with E-state index >= 15 is 0 Å². The van der Waals surface area contributed by atoms with Crippen molar-refractivity contribution in [2.45, 2.75) is 25.7 Å². The molecule has 0 saturated heterocycles. The first-order valence-corrected chi connectivity index (χ1v) is 10.4. The lowest BCUT2D eigenvalue weighted by atomic mass is 10.1. The summed E-state index contributed by atoms with van der Waals surface area (Å²) in [6, 6.07) is 11.1. The van der Waals surface area contributed by atoms with Crippen molar-refractivity contribution in [3.63, 3.8) is 0 Å². The first kappa shape index (κ1) is 20.5. The molecule has 1 heterocycles. The van der Waals surface area contributed by atoms with Crippen molar-refractivity contribution in [2.24, 2.45) is 0 Å². The number of aromatic nitrogens is 1. The Morgan fingerprint density at radius 3 is 2.11 bits per heavy atom. The van der Waals surface area contributed by atoms with Gasteiger partial charge in [-0.3, -0.25) is 0 Å². The number of hydrogen-bond acceptors (Lipinski definition) is 5. The number of halogens is 2. The molecular weight excluding hydrogens is 421 g/mol. The molecule has 0 bridgehead atoms. The number of benzene rings is 2. The van der Waals surface area contributed by atoms with Crippen LogP contribution in [-0.4, -0.2) is 13.4 Å². The SMILES string of the molecule is Cc1cc(C)c(S(=O)(=O)Oc2ccc(Oc3ncc(Cl)cc3Cl)cc2)cc1C. The minimum Gasteiger partial charge on any atom is -0.438 e. The maximum absolute atomic E-state index is 12.6. The summed E-state index contributed by atoms with van der Waals surface area (Å²) < 4.78 is 36.1. The second-order valence-corrected chi connectivity index (χ2v) is 8.61. The molecule has 3 aromatic rings. The van der Waals surface area contributed by atoms with Crippen LogP contribution in [0.5, 0.6) is 17.4 Å². The predicted octanol–water partition coefficient (Wildman–Crippen LogP) is 5.87. The van der Waals surface area contributed by atoms with Gasteiger partial charge in [-0.2, -0.15) is 8.42 Å². The molecule has 0 fully saturated rings. The van der Waals surface area contributed by atoms with Crippen molar-refractivity contribution in [3.8, 4) is 17.4 Å². The summed E-state index contributed by atoms with van der Waals surface area (Å²) in [7, 11) is -3.96.